The number of aromatic nitrogens is 2. The van der Waals surface area contributed by atoms with E-state index >= 15 is 0 Å². The van der Waals surface area contributed by atoms with Crippen molar-refractivity contribution >= 4 is 5.82 Å². The van der Waals surface area contributed by atoms with E-state index in [-0.39, 0.29) is 11.9 Å². The smallest absolute Gasteiger partial charge is 0.186 e. The molecule has 6 heteroatoms. The minimum absolute atomic E-state index is 0.120. The summed E-state index contributed by atoms with van der Waals surface area (Å²) in [6.07, 6.45) is 1.90. The predicted molar refractivity (Wildman–Crippen MR) is 80.8 cm³/mol. The Morgan fingerprint density at radius 3 is 2.77 bits per heavy atom. The molecule has 1 aliphatic heterocycles. The molecule has 22 heavy (non-hydrogen) atoms. The second-order valence-electron chi connectivity index (χ2n) is 5.11. The van der Waals surface area contributed by atoms with Crippen LogP contribution in [-0.2, 0) is 6.42 Å². The molecular formula is C16H18FN3O2. The number of hydrogen-bond donors (Lipinski definition) is 1. The van der Waals surface area contributed by atoms with Gasteiger partial charge in [-0.1, -0.05) is 13.0 Å². The van der Waals surface area contributed by atoms with Crippen LogP contribution in [0.2, 0.25) is 0 Å². The Hall–Kier alpha value is -2.37. The first-order valence-electron chi connectivity index (χ1n) is 7.34. The Morgan fingerprint density at radius 1 is 1.23 bits per heavy atom. The van der Waals surface area contributed by atoms with Crippen LogP contribution < -0.4 is 14.8 Å². The number of fused-ring (bicyclic) bond motifs is 1. The van der Waals surface area contributed by atoms with Gasteiger partial charge in [0.1, 0.15) is 19.5 Å². The maximum absolute atomic E-state index is 14.2. The Balaban J connectivity index is 1.81. The SMILES string of the molecule is CCc1ncnc(NC(C)c2ccc3c(c2)OCCO3)c1F. The Morgan fingerprint density at radius 2 is 2.00 bits per heavy atom. The number of anilines is 1. The predicted octanol–water partition coefficient (Wildman–Crippen LogP) is 3.12. The number of rotatable bonds is 4. The van der Waals surface area contributed by atoms with E-state index in [1.165, 1.54) is 6.33 Å². The van der Waals surface area contributed by atoms with Crippen molar-refractivity contribution in [1.82, 2.24) is 9.97 Å². The van der Waals surface area contributed by atoms with Gasteiger partial charge < -0.3 is 14.8 Å². The lowest BCUT2D eigenvalue weighted by Gasteiger charge is -2.21. The number of halogens is 1. The van der Waals surface area contributed by atoms with E-state index in [1.54, 1.807) is 0 Å². The lowest BCUT2D eigenvalue weighted by molar-refractivity contribution is 0.171. The highest BCUT2D eigenvalue weighted by Gasteiger charge is 2.16. The quantitative estimate of drug-likeness (QED) is 0.940. The number of nitrogens with zero attached hydrogens (tertiary/aromatic N) is 2. The van der Waals surface area contributed by atoms with Gasteiger partial charge in [-0.15, -0.1) is 0 Å². The first kappa shape index (κ1) is 14.6. The van der Waals surface area contributed by atoms with Crippen molar-refractivity contribution in [1.29, 1.82) is 0 Å². The molecule has 0 amide bonds. The normalized spacial score (nSPS) is 14.5. The molecule has 2 aromatic rings. The number of aryl methyl sites for hydroxylation is 1. The third-order valence-electron chi connectivity index (χ3n) is 3.62. The lowest BCUT2D eigenvalue weighted by Crippen LogP contribution is -2.16. The van der Waals surface area contributed by atoms with Crippen molar-refractivity contribution in [2.45, 2.75) is 26.3 Å². The number of ether oxygens (including phenoxy) is 2. The maximum Gasteiger partial charge on any atom is 0.186 e. The molecule has 0 saturated heterocycles. The highest BCUT2D eigenvalue weighted by molar-refractivity contribution is 5.47. The van der Waals surface area contributed by atoms with E-state index in [1.807, 2.05) is 32.0 Å². The van der Waals surface area contributed by atoms with Gasteiger partial charge in [0.05, 0.1) is 11.7 Å². The third kappa shape index (κ3) is 2.81. The first-order valence-corrected chi connectivity index (χ1v) is 7.34. The summed E-state index contributed by atoms with van der Waals surface area (Å²) in [5, 5.41) is 3.09. The van der Waals surface area contributed by atoms with Crippen molar-refractivity contribution < 1.29 is 13.9 Å². The molecule has 1 aliphatic rings. The van der Waals surface area contributed by atoms with Crippen LogP contribution in [0, 0.1) is 5.82 Å². The van der Waals surface area contributed by atoms with Gasteiger partial charge in [0.15, 0.2) is 23.1 Å². The third-order valence-corrected chi connectivity index (χ3v) is 3.62. The highest BCUT2D eigenvalue weighted by Crippen LogP contribution is 2.33. The Kier molecular flexibility index (Phi) is 4.09. The number of benzene rings is 1. The zero-order chi connectivity index (χ0) is 15.5. The molecule has 1 atom stereocenters. The van der Waals surface area contributed by atoms with Gasteiger partial charge in [-0.3, -0.25) is 0 Å². The second-order valence-corrected chi connectivity index (χ2v) is 5.11. The van der Waals surface area contributed by atoms with Crippen LogP contribution in [-0.4, -0.2) is 23.2 Å². The summed E-state index contributed by atoms with van der Waals surface area (Å²) < 4.78 is 25.3. The Bertz CT molecular complexity index is 678. The molecule has 2 heterocycles. The van der Waals surface area contributed by atoms with Crippen LogP contribution >= 0.6 is 0 Å². The van der Waals surface area contributed by atoms with E-state index < -0.39 is 5.82 Å². The van der Waals surface area contributed by atoms with Crippen molar-refractivity contribution in [3.05, 3.63) is 41.6 Å². The lowest BCUT2D eigenvalue weighted by atomic mass is 10.1. The molecule has 0 spiro atoms. The standard InChI is InChI=1S/C16H18FN3O2/c1-3-12-15(17)16(19-9-18-12)20-10(2)11-4-5-13-14(8-11)22-7-6-21-13/h4-5,8-10H,3,6-7H2,1-2H3,(H,18,19,20). The highest BCUT2D eigenvalue weighted by atomic mass is 19.1. The molecular weight excluding hydrogens is 285 g/mol. The molecule has 0 saturated carbocycles. The summed E-state index contributed by atoms with van der Waals surface area (Å²) in [5.74, 6) is 1.28. The van der Waals surface area contributed by atoms with E-state index in [0.29, 0.717) is 25.3 Å². The van der Waals surface area contributed by atoms with Crippen LogP contribution in [0.1, 0.15) is 31.1 Å². The second kappa shape index (κ2) is 6.17. The minimum Gasteiger partial charge on any atom is -0.486 e. The minimum atomic E-state index is -0.394. The van der Waals surface area contributed by atoms with E-state index in [2.05, 4.69) is 15.3 Å². The van der Waals surface area contributed by atoms with E-state index in [0.717, 1.165) is 17.1 Å². The van der Waals surface area contributed by atoms with Crippen LogP contribution in [0.15, 0.2) is 24.5 Å². The molecule has 1 aromatic heterocycles. The van der Waals surface area contributed by atoms with Gasteiger partial charge in [-0.25, -0.2) is 14.4 Å². The van der Waals surface area contributed by atoms with Gasteiger partial charge in [-0.2, -0.15) is 0 Å². The fourth-order valence-corrected chi connectivity index (χ4v) is 2.37. The first-order chi connectivity index (χ1) is 10.7. The van der Waals surface area contributed by atoms with Crippen LogP contribution in [0.5, 0.6) is 11.5 Å². The summed E-state index contributed by atoms with van der Waals surface area (Å²) in [6, 6.07) is 5.59. The van der Waals surface area contributed by atoms with Gasteiger partial charge in [0, 0.05) is 0 Å². The van der Waals surface area contributed by atoms with E-state index in [4.69, 9.17) is 9.47 Å². The summed E-state index contributed by atoms with van der Waals surface area (Å²) in [4.78, 5) is 7.92. The van der Waals surface area contributed by atoms with Crippen molar-refractivity contribution in [3.63, 3.8) is 0 Å². The topological polar surface area (TPSA) is 56.3 Å². The van der Waals surface area contributed by atoms with Crippen molar-refractivity contribution in [2.75, 3.05) is 18.5 Å². The molecule has 0 bridgehead atoms. The zero-order valence-electron chi connectivity index (χ0n) is 12.6. The summed E-state index contributed by atoms with van der Waals surface area (Å²) in [6.45, 7) is 4.91. The molecule has 1 N–H and O–H groups in total. The summed E-state index contributed by atoms with van der Waals surface area (Å²) >= 11 is 0. The molecule has 5 nitrogen and oxygen atoms in total. The molecule has 116 valence electrons. The molecule has 0 aliphatic carbocycles. The summed E-state index contributed by atoms with van der Waals surface area (Å²) in [5.41, 5.74) is 1.38. The fourth-order valence-electron chi connectivity index (χ4n) is 2.37. The van der Waals surface area contributed by atoms with Crippen molar-refractivity contribution in [2.24, 2.45) is 0 Å². The molecule has 0 radical (unpaired) electrons. The van der Waals surface area contributed by atoms with Crippen LogP contribution in [0.3, 0.4) is 0 Å². The molecule has 0 fully saturated rings. The molecule has 1 unspecified atom stereocenters. The Labute approximate surface area is 128 Å². The molecule has 3 rings (SSSR count). The molecule has 1 aromatic carbocycles. The fraction of sp³-hybridized carbons (Fsp3) is 0.375. The monoisotopic (exact) mass is 303 g/mol. The van der Waals surface area contributed by atoms with Crippen LogP contribution in [0.4, 0.5) is 10.2 Å². The average molecular weight is 303 g/mol. The summed E-state index contributed by atoms with van der Waals surface area (Å²) in [7, 11) is 0. The van der Waals surface area contributed by atoms with Crippen molar-refractivity contribution in [3.8, 4) is 11.5 Å². The van der Waals surface area contributed by atoms with E-state index in [9.17, 15) is 4.39 Å². The average Bonchev–Trinajstić information content (AvgIpc) is 2.56. The largest absolute Gasteiger partial charge is 0.486 e. The number of hydrogen-bond acceptors (Lipinski definition) is 5. The van der Waals surface area contributed by atoms with Gasteiger partial charge in [0.2, 0.25) is 0 Å². The van der Waals surface area contributed by atoms with Gasteiger partial charge in [0.25, 0.3) is 0 Å². The zero-order valence-corrected chi connectivity index (χ0v) is 12.6. The van der Waals surface area contributed by atoms with Gasteiger partial charge in [-0.05, 0) is 31.0 Å². The van der Waals surface area contributed by atoms with Gasteiger partial charge >= 0.3 is 0 Å². The number of nitrogens with one attached hydrogen (secondary N) is 1. The van der Waals surface area contributed by atoms with Crippen LogP contribution in [0.25, 0.3) is 0 Å². The maximum atomic E-state index is 14.2.